The summed E-state index contributed by atoms with van der Waals surface area (Å²) in [5, 5.41) is 16.2. The van der Waals surface area contributed by atoms with Crippen LogP contribution in [0.15, 0.2) is 6.33 Å². The van der Waals surface area contributed by atoms with E-state index in [0.717, 1.165) is 29.8 Å². The molecular weight excluding hydrogens is 348 g/mol. The fourth-order valence-corrected chi connectivity index (χ4v) is 3.73. The highest BCUT2D eigenvalue weighted by atomic mass is 16.4. The van der Waals surface area contributed by atoms with Crippen molar-refractivity contribution in [3.8, 4) is 0 Å². The highest BCUT2D eigenvalue weighted by Crippen LogP contribution is 2.25. The van der Waals surface area contributed by atoms with Crippen molar-refractivity contribution in [1.82, 2.24) is 29.8 Å². The third kappa shape index (κ3) is 4.24. The van der Waals surface area contributed by atoms with E-state index in [1.54, 1.807) is 4.52 Å². The molecule has 146 valence electrons. The lowest BCUT2D eigenvalue weighted by Crippen LogP contribution is -2.54. The molecule has 9 nitrogen and oxygen atoms in total. The van der Waals surface area contributed by atoms with Crippen LogP contribution in [-0.2, 0) is 16.0 Å². The van der Waals surface area contributed by atoms with Gasteiger partial charge in [0.1, 0.15) is 6.33 Å². The van der Waals surface area contributed by atoms with Crippen molar-refractivity contribution in [3.05, 3.63) is 23.3 Å². The molecule has 0 aromatic carbocycles. The number of likely N-dealkylation sites (N-methyl/N-ethyl adjacent to an activating group) is 1. The summed E-state index contributed by atoms with van der Waals surface area (Å²) >= 11 is 0. The number of aryl methyl sites for hydroxylation is 2. The van der Waals surface area contributed by atoms with Gasteiger partial charge in [-0.05, 0) is 45.2 Å². The molecule has 2 aromatic heterocycles. The molecule has 1 saturated carbocycles. The van der Waals surface area contributed by atoms with Crippen LogP contribution in [-0.4, -0.2) is 66.6 Å². The molecule has 1 fully saturated rings. The summed E-state index contributed by atoms with van der Waals surface area (Å²) in [6.07, 6.45) is 4.07. The zero-order chi connectivity index (χ0) is 19.6. The summed E-state index contributed by atoms with van der Waals surface area (Å²) in [5.41, 5.74) is 2.85. The van der Waals surface area contributed by atoms with Gasteiger partial charge in [0, 0.05) is 29.9 Å². The lowest BCUT2D eigenvalue weighted by molar-refractivity contribution is -0.139. The molecule has 1 aliphatic carbocycles. The molecular formula is C18H26N6O3. The number of carbonyl (C=O) groups excluding carboxylic acids is 1. The third-order valence-corrected chi connectivity index (χ3v) is 5.33. The van der Waals surface area contributed by atoms with Gasteiger partial charge in [-0.1, -0.05) is 6.92 Å². The second kappa shape index (κ2) is 7.99. The van der Waals surface area contributed by atoms with Crippen LogP contribution in [0.3, 0.4) is 0 Å². The Morgan fingerprint density at radius 1 is 1.37 bits per heavy atom. The number of carboxylic acid groups (broad SMARTS) is 1. The van der Waals surface area contributed by atoms with Crippen molar-refractivity contribution in [3.63, 3.8) is 0 Å². The van der Waals surface area contributed by atoms with E-state index >= 15 is 0 Å². The van der Waals surface area contributed by atoms with Crippen molar-refractivity contribution in [1.29, 1.82) is 0 Å². The summed E-state index contributed by atoms with van der Waals surface area (Å²) in [5.74, 6) is -0.231. The average Bonchev–Trinajstić information content (AvgIpc) is 3.04. The Bertz CT molecular complexity index is 843. The largest absolute Gasteiger partial charge is 0.480 e. The second-order valence-corrected chi connectivity index (χ2v) is 7.08. The number of nitrogens with one attached hydrogen (secondary N) is 1. The summed E-state index contributed by atoms with van der Waals surface area (Å²) < 4.78 is 1.69. The third-order valence-electron chi connectivity index (χ3n) is 5.33. The van der Waals surface area contributed by atoms with E-state index in [1.165, 1.54) is 6.33 Å². The zero-order valence-electron chi connectivity index (χ0n) is 16.0. The summed E-state index contributed by atoms with van der Waals surface area (Å²) in [6.45, 7) is 6.60. The Labute approximate surface area is 157 Å². The maximum atomic E-state index is 12.3. The molecule has 0 atom stereocenters. The zero-order valence-corrected chi connectivity index (χ0v) is 16.0. The number of amides is 1. The van der Waals surface area contributed by atoms with E-state index < -0.39 is 5.97 Å². The molecule has 1 amide bonds. The van der Waals surface area contributed by atoms with Gasteiger partial charge in [-0.2, -0.15) is 10.1 Å². The minimum atomic E-state index is -0.812. The number of carbonyl (C=O) groups is 2. The molecule has 0 saturated heterocycles. The van der Waals surface area contributed by atoms with Crippen LogP contribution in [0.2, 0.25) is 0 Å². The molecule has 1 aliphatic rings. The Morgan fingerprint density at radius 2 is 2.11 bits per heavy atom. The fraction of sp³-hybridized carbons (Fsp3) is 0.611. The molecule has 3 rings (SSSR count). The quantitative estimate of drug-likeness (QED) is 0.700. The van der Waals surface area contributed by atoms with Gasteiger partial charge in [-0.25, -0.2) is 9.50 Å². The predicted molar refractivity (Wildman–Crippen MR) is 98.4 cm³/mol. The van der Waals surface area contributed by atoms with Crippen molar-refractivity contribution < 1.29 is 14.7 Å². The summed E-state index contributed by atoms with van der Waals surface area (Å²) in [6, 6.07) is 0.364. The number of hydrogen-bond donors (Lipinski definition) is 2. The number of hydrogen-bond acceptors (Lipinski definition) is 6. The summed E-state index contributed by atoms with van der Waals surface area (Å²) in [4.78, 5) is 33.7. The molecule has 27 heavy (non-hydrogen) atoms. The normalized spacial score (nSPS) is 19.3. The molecule has 0 spiro atoms. The van der Waals surface area contributed by atoms with Crippen LogP contribution in [0.1, 0.15) is 43.1 Å². The first-order valence-corrected chi connectivity index (χ1v) is 9.30. The topological polar surface area (TPSA) is 113 Å². The first-order chi connectivity index (χ1) is 12.9. The van der Waals surface area contributed by atoms with Crippen LogP contribution >= 0.6 is 0 Å². The average molecular weight is 374 g/mol. The van der Waals surface area contributed by atoms with Crippen LogP contribution in [0.5, 0.6) is 0 Å². The Kier molecular flexibility index (Phi) is 5.69. The van der Waals surface area contributed by atoms with Crippen molar-refractivity contribution >= 4 is 17.7 Å². The van der Waals surface area contributed by atoms with Crippen molar-refractivity contribution in [2.24, 2.45) is 0 Å². The maximum absolute atomic E-state index is 12.3. The molecule has 2 N–H and O–H groups in total. The Hall–Kier alpha value is -2.55. The minimum Gasteiger partial charge on any atom is -0.480 e. The van der Waals surface area contributed by atoms with Crippen LogP contribution in [0.4, 0.5) is 0 Å². The predicted octanol–water partition coefficient (Wildman–Crippen LogP) is 0.727. The first-order valence-electron chi connectivity index (χ1n) is 9.30. The monoisotopic (exact) mass is 374 g/mol. The van der Waals surface area contributed by atoms with Gasteiger partial charge in [0.05, 0.1) is 6.54 Å². The minimum absolute atomic E-state index is 0.0113. The standard InChI is InChI=1S/C18H26N6O3/c1-4-23(9-17(26)27)14-7-13(8-14)22-16(25)6-5-15-11(2)21-18-19-10-20-24(18)12(15)3/h10,13-14H,4-9H2,1-3H3,(H,22,25)(H,26,27). The molecule has 0 radical (unpaired) electrons. The van der Waals surface area contributed by atoms with Crippen LogP contribution < -0.4 is 5.32 Å². The number of fused-ring (bicyclic) bond motifs is 1. The smallest absolute Gasteiger partial charge is 0.317 e. The van der Waals surface area contributed by atoms with Gasteiger partial charge in [-0.15, -0.1) is 0 Å². The Morgan fingerprint density at radius 3 is 2.78 bits per heavy atom. The van der Waals surface area contributed by atoms with E-state index in [0.29, 0.717) is 25.2 Å². The highest BCUT2D eigenvalue weighted by Gasteiger charge is 2.34. The van der Waals surface area contributed by atoms with Crippen molar-refractivity contribution in [2.75, 3.05) is 13.1 Å². The molecule has 9 heteroatoms. The van der Waals surface area contributed by atoms with Crippen LogP contribution in [0.25, 0.3) is 5.78 Å². The molecule has 0 aliphatic heterocycles. The second-order valence-electron chi connectivity index (χ2n) is 7.08. The highest BCUT2D eigenvalue weighted by molar-refractivity contribution is 5.76. The van der Waals surface area contributed by atoms with Gasteiger partial charge in [0.25, 0.3) is 5.78 Å². The van der Waals surface area contributed by atoms with E-state index in [4.69, 9.17) is 5.11 Å². The summed E-state index contributed by atoms with van der Waals surface area (Å²) in [7, 11) is 0. The number of aliphatic carboxylic acids is 1. The van der Waals surface area contributed by atoms with Crippen molar-refractivity contribution in [2.45, 2.75) is 58.5 Å². The van der Waals surface area contributed by atoms with Gasteiger partial charge in [-0.3, -0.25) is 14.5 Å². The fourth-order valence-electron chi connectivity index (χ4n) is 3.73. The number of rotatable bonds is 8. The van der Waals surface area contributed by atoms with Gasteiger partial charge >= 0.3 is 5.97 Å². The number of nitrogens with zero attached hydrogens (tertiary/aromatic N) is 5. The lowest BCUT2D eigenvalue weighted by atomic mass is 9.85. The van der Waals surface area contributed by atoms with E-state index in [-0.39, 0.29) is 24.5 Å². The van der Waals surface area contributed by atoms with Gasteiger partial charge < -0.3 is 10.4 Å². The molecule has 0 unspecified atom stereocenters. The first kappa shape index (κ1) is 19.2. The Balaban J connectivity index is 1.49. The van der Waals surface area contributed by atoms with E-state index in [1.807, 2.05) is 25.7 Å². The number of carboxylic acids is 1. The lowest BCUT2D eigenvalue weighted by Gasteiger charge is -2.42. The molecule has 0 bridgehead atoms. The van der Waals surface area contributed by atoms with E-state index in [9.17, 15) is 9.59 Å². The van der Waals surface area contributed by atoms with Gasteiger partial charge in [0.15, 0.2) is 0 Å². The molecule has 2 aromatic rings. The SMILES string of the molecule is CCN(CC(=O)O)C1CC(NC(=O)CCc2c(C)nc3ncnn3c2C)C1. The van der Waals surface area contributed by atoms with Crippen LogP contribution in [0, 0.1) is 13.8 Å². The van der Waals surface area contributed by atoms with E-state index in [2.05, 4.69) is 20.4 Å². The maximum Gasteiger partial charge on any atom is 0.317 e. The molecule has 2 heterocycles. The van der Waals surface area contributed by atoms with Gasteiger partial charge in [0.2, 0.25) is 5.91 Å². The number of aromatic nitrogens is 4.